The fraction of sp³-hybridized carbons (Fsp3) is 0.471. The molecule has 1 amide bonds. The van der Waals surface area contributed by atoms with Crippen LogP contribution < -0.4 is 14.8 Å². The van der Waals surface area contributed by atoms with Gasteiger partial charge in [-0.3, -0.25) is 4.79 Å². The first kappa shape index (κ1) is 19.1. The maximum Gasteiger partial charge on any atom is 0.277 e. The van der Waals surface area contributed by atoms with Gasteiger partial charge in [0.2, 0.25) is 11.8 Å². The summed E-state index contributed by atoms with van der Waals surface area (Å²) >= 11 is 1.11. The standard InChI is InChI=1S/C17H19N3O6S2/c21-15(18-7-12-8-24-13-3-1-2-4-14(13)25-12)9-27-17-20-19-16(26-17)11-5-6-28(22,23)10-11/h1-4,11-12H,5-10H2,(H,18,21). The molecule has 11 heteroatoms. The molecular formula is C17H19N3O6S2. The molecular weight excluding hydrogens is 406 g/mol. The lowest BCUT2D eigenvalue weighted by Crippen LogP contribution is -2.41. The van der Waals surface area contributed by atoms with E-state index in [1.807, 2.05) is 24.3 Å². The van der Waals surface area contributed by atoms with Gasteiger partial charge < -0.3 is 19.2 Å². The second-order valence-corrected chi connectivity index (χ2v) is 9.75. The summed E-state index contributed by atoms with van der Waals surface area (Å²) in [6.07, 6.45) is 0.227. The summed E-state index contributed by atoms with van der Waals surface area (Å²) in [6.45, 7) is 0.685. The van der Waals surface area contributed by atoms with Crippen LogP contribution in [0.1, 0.15) is 18.2 Å². The van der Waals surface area contributed by atoms with Crippen molar-refractivity contribution in [1.82, 2.24) is 15.5 Å². The predicted octanol–water partition coefficient (Wildman–Crippen LogP) is 1.02. The molecule has 2 aliphatic rings. The van der Waals surface area contributed by atoms with Crippen LogP contribution in [-0.4, -0.2) is 61.0 Å². The highest BCUT2D eigenvalue weighted by Crippen LogP contribution is 2.31. The van der Waals surface area contributed by atoms with E-state index in [9.17, 15) is 13.2 Å². The molecule has 1 aromatic heterocycles. The lowest BCUT2D eigenvalue weighted by atomic mass is 10.1. The molecule has 2 aromatic rings. The Morgan fingerprint density at radius 3 is 2.86 bits per heavy atom. The van der Waals surface area contributed by atoms with E-state index in [2.05, 4.69) is 15.5 Å². The van der Waals surface area contributed by atoms with Gasteiger partial charge in [0.05, 0.1) is 29.7 Å². The highest BCUT2D eigenvalue weighted by molar-refractivity contribution is 7.99. The summed E-state index contributed by atoms with van der Waals surface area (Å²) in [6, 6.07) is 7.39. The van der Waals surface area contributed by atoms with Crippen molar-refractivity contribution < 1.29 is 27.1 Å². The Labute approximate surface area is 166 Å². The molecule has 0 spiro atoms. The number of aromatic nitrogens is 2. The molecule has 28 heavy (non-hydrogen) atoms. The minimum atomic E-state index is -3.02. The molecule has 0 bridgehead atoms. The number of ether oxygens (including phenoxy) is 2. The van der Waals surface area contributed by atoms with Crippen LogP contribution in [0.4, 0.5) is 0 Å². The summed E-state index contributed by atoms with van der Waals surface area (Å²) in [5.74, 6) is 1.50. The van der Waals surface area contributed by atoms with Crippen molar-refractivity contribution >= 4 is 27.5 Å². The third-order valence-electron chi connectivity index (χ3n) is 4.42. The van der Waals surface area contributed by atoms with E-state index in [-0.39, 0.29) is 40.4 Å². The maximum absolute atomic E-state index is 12.1. The lowest BCUT2D eigenvalue weighted by molar-refractivity contribution is -0.119. The van der Waals surface area contributed by atoms with Crippen molar-refractivity contribution in [3.63, 3.8) is 0 Å². The Hall–Kier alpha value is -2.27. The molecule has 0 saturated carbocycles. The molecule has 3 heterocycles. The molecule has 2 unspecified atom stereocenters. The molecule has 0 aliphatic carbocycles. The van der Waals surface area contributed by atoms with E-state index in [1.54, 1.807) is 0 Å². The molecule has 4 rings (SSSR count). The van der Waals surface area contributed by atoms with Crippen molar-refractivity contribution in [2.75, 3.05) is 30.4 Å². The molecule has 1 aromatic carbocycles. The second-order valence-electron chi connectivity index (χ2n) is 6.60. The Kier molecular flexibility index (Phi) is 5.44. The number of nitrogens with zero attached hydrogens (tertiary/aromatic N) is 2. The lowest BCUT2D eigenvalue weighted by Gasteiger charge is -2.26. The predicted molar refractivity (Wildman–Crippen MR) is 100 cm³/mol. The van der Waals surface area contributed by atoms with Crippen molar-refractivity contribution in [3.8, 4) is 11.5 Å². The van der Waals surface area contributed by atoms with E-state index >= 15 is 0 Å². The number of hydrogen-bond acceptors (Lipinski definition) is 9. The number of fused-ring (bicyclic) bond motifs is 1. The molecule has 150 valence electrons. The van der Waals surface area contributed by atoms with Crippen LogP contribution in [0.25, 0.3) is 0 Å². The third-order valence-corrected chi connectivity index (χ3v) is 7.01. The van der Waals surface area contributed by atoms with Gasteiger partial charge in [-0.2, -0.15) is 0 Å². The summed E-state index contributed by atoms with van der Waals surface area (Å²) in [5, 5.41) is 10.8. The molecule has 0 radical (unpaired) electrons. The summed E-state index contributed by atoms with van der Waals surface area (Å²) < 4.78 is 40.0. The van der Waals surface area contributed by atoms with Crippen LogP contribution in [0.5, 0.6) is 11.5 Å². The summed E-state index contributed by atoms with van der Waals surface area (Å²) in [4.78, 5) is 12.1. The van der Waals surface area contributed by atoms with Gasteiger partial charge in [-0.25, -0.2) is 8.42 Å². The highest BCUT2D eigenvalue weighted by Gasteiger charge is 2.32. The largest absolute Gasteiger partial charge is 0.486 e. The van der Waals surface area contributed by atoms with Gasteiger partial charge in [0, 0.05) is 0 Å². The average molecular weight is 425 g/mol. The molecule has 9 nitrogen and oxygen atoms in total. The number of amides is 1. The van der Waals surface area contributed by atoms with Crippen molar-refractivity contribution in [1.29, 1.82) is 0 Å². The summed E-state index contributed by atoms with van der Waals surface area (Å²) in [5.41, 5.74) is 0. The number of carbonyl (C=O) groups excluding carboxylic acids is 1. The SMILES string of the molecule is O=C(CSc1nnc(C2CCS(=O)(=O)C2)o1)NCC1COc2ccccc2O1. The van der Waals surface area contributed by atoms with Crippen LogP contribution in [0.3, 0.4) is 0 Å². The number of nitrogens with one attached hydrogen (secondary N) is 1. The normalized spacial score (nSPS) is 22.7. The van der Waals surface area contributed by atoms with Crippen molar-refractivity contribution in [2.24, 2.45) is 0 Å². The number of hydrogen-bond donors (Lipinski definition) is 1. The molecule has 2 aliphatic heterocycles. The zero-order valence-corrected chi connectivity index (χ0v) is 16.5. The van der Waals surface area contributed by atoms with Gasteiger partial charge in [0.25, 0.3) is 5.22 Å². The van der Waals surface area contributed by atoms with E-state index in [1.165, 1.54) is 0 Å². The van der Waals surface area contributed by atoms with E-state index in [0.29, 0.717) is 37.0 Å². The van der Waals surface area contributed by atoms with Crippen molar-refractivity contribution in [2.45, 2.75) is 23.7 Å². The minimum absolute atomic E-state index is 0.0341. The van der Waals surface area contributed by atoms with Gasteiger partial charge in [-0.05, 0) is 18.6 Å². The highest BCUT2D eigenvalue weighted by atomic mass is 32.2. The number of carbonyl (C=O) groups is 1. The van der Waals surface area contributed by atoms with Gasteiger partial charge >= 0.3 is 0 Å². The molecule has 1 N–H and O–H groups in total. The van der Waals surface area contributed by atoms with Crippen LogP contribution in [0.15, 0.2) is 33.9 Å². The first-order chi connectivity index (χ1) is 13.5. The van der Waals surface area contributed by atoms with Crippen LogP contribution in [-0.2, 0) is 14.6 Å². The quantitative estimate of drug-likeness (QED) is 0.676. The smallest absolute Gasteiger partial charge is 0.277 e. The Balaban J connectivity index is 1.21. The van der Waals surface area contributed by atoms with Crippen molar-refractivity contribution in [3.05, 3.63) is 30.2 Å². The van der Waals surface area contributed by atoms with E-state index < -0.39 is 9.84 Å². The van der Waals surface area contributed by atoms with Crippen LogP contribution >= 0.6 is 11.8 Å². The Bertz CT molecular complexity index is 961. The number of thioether (sulfide) groups is 1. The van der Waals surface area contributed by atoms with Gasteiger partial charge in [0.15, 0.2) is 21.3 Å². The fourth-order valence-corrected chi connectivity index (χ4v) is 5.34. The van der Waals surface area contributed by atoms with E-state index in [4.69, 9.17) is 13.9 Å². The van der Waals surface area contributed by atoms with Gasteiger partial charge in [-0.1, -0.05) is 23.9 Å². The zero-order valence-electron chi connectivity index (χ0n) is 14.9. The monoisotopic (exact) mass is 425 g/mol. The van der Waals surface area contributed by atoms with Gasteiger partial charge in [-0.15, -0.1) is 10.2 Å². The maximum atomic E-state index is 12.1. The second kappa shape index (κ2) is 8.00. The Morgan fingerprint density at radius 1 is 1.25 bits per heavy atom. The average Bonchev–Trinajstić information content (AvgIpc) is 3.30. The van der Waals surface area contributed by atoms with Crippen LogP contribution in [0.2, 0.25) is 0 Å². The van der Waals surface area contributed by atoms with Crippen LogP contribution in [0, 0.1) is 0 Å². The molecule has 2 atom stereocenters. The number of benzene rings is 1. The first-order valence-electron chi connectivity index (χ1n) is 8.80. The molecule has 1 fully saturated rings. The topological polar surface area (TPSA) is 121 Å². The van der Waals surface area contributed by atoms with Gasteiger partial charge in [0.1, 0.15) is 12.7 Å². The fourth-order valence-electron chi connectivity index (χ4n) is 3.00. The minimum Gasteiger partial charge on any atom is -0.486 e. The number of para-hydroxylation sites is 2. The zero-order chi connectivity index (χ0) is 19.6. The summed E-state index contributed by atoms with van der Waals surface area (Å²) in [7, 11) is -3.02. The third kappa shape index (κ3) is 4.58. The number of sulfone groups is 1. The molecule has 1 saturated heterocycles. The Morgan fingerprint density at radius 2 is 2.07 bits per heavy atom. The van der Waals surface area contributed by atoms with E-state index in [0.717, 1.165) is 11.8 Å². The first-order valence-corrected chi connectivity index (χ1v) is 11.6. The number of rotatable bonds is 6.